The Labute approximate surface area is 280 Å². The topological polar surface area (TPSA) is 89.8 Å². The van der Waals surface area contributed by atoms with E-state index in [1.54, 1.807) is 6.08 Å². The first kappa shape index (κ1) is 43.8. The van der Waals surface area contributed by atoms with Gasteiger partial charge in [-0.1, -0.05) is 179 Å². The average Bonchev–Trinajstić information content (AvgIpc) is 3.04. The molecule has 0 rings (SSSR count). The van der Waals surface area contributed by atoms with Gasteiger partial charge in [0.05, 0.1) is 18.8 Å². The molecule has 0 bridgehead atoms. The van der Waals surface area contributed by atoms with E-state index in [2.05, 4.69) is 31.3 Å². The van der Waals surface area contributed by atoms with E-state index >= 15 is 0 Å². The van der Waals surface area contributed by atoms with Crippen molar-refractivity contribution >= 4 is 5.91 Å². The molecule has 266 valence electrons. The summed E-state index contributed by atoms with van der Waals surface area (Å²) in [6.45, 7) is 4.16. The number of unbranched alkanes of at least 4 members (excludes halogenated alkanes) is 25. The van der Waals surface area contributed by atoms with Gasteiger partial charge in [-0.3, -0.25) is 4.79 Å². The molecule has 0 aliphatic heterocycles. The predicted octanol–water partition coefficient (Wildman–Crippen LogP) is 10.7. The summed E-state index contributed by atoms with van der Waals surface area (Å²) in [4.78, 5) is 12.4. The van der Waals surface area contributed by atoms with E-state index in [-0.39, 0.29) is 6.61 Å². The van der Waals surface area contributed by atoms with Crippen molar-refractivity contribution in [2.24, 2.45) is 0 Å². The van der Waals surface area contributed by atoms with Crippen molar-refractivity contribution in [3.8, 4) is 0 Å². The van der Waals surface area contributed by atoms with Gasteiger partial charge in [0, 0.05) is 0 Å². The molecule has 0 saturated heterocycles. The Morgan fingerprint density at radius 1 is 0.533 bits per heavy atom. The van der Waals surface area contributed by atoms with Crippen LogP contribution in [0.25, 0.3) is 0 Å². The van der Waals surface area contributed by atoms with E-state index < -0.39 is 24.2 Å². The highest BCUT2D eigenvalue weighted by Gasteiger charge is 2.22. The van der Waals surface area contributed by atoms with Crippen LogP contribution in [0.5, 0.6) is 0 Å². The highest BCUT2D eigenvalue weighted by Crippen LogP contribution is 2.15. The molecule has 4 N–H and O–H groups in total. The molecule has 0 saturated carbocycles. The summed E-state index contributed by atoms with van der Waals surface area (Å²) in [5, 5.41) is 33.0. The van der Waals surface area contributed by atoms with E-state index in [9.17, 15) is 20.1 Å². The summed E-state index contributed by atoms with van der Waals surface area (Å²) in [7, 11) is 0. The first-order valence-electron chi connectivity index (χ1n) is 19.7. The van der Waals surface area contributed by atoms with Crippen LogP contribution in [0.15, 0.2) is 24.3 Å². The first-order valence-corrected chi connectivity index (χ1v) is 19.7. The Kier molecular flexibility index (Phi) is 34.8. The van der Waals surface area contributed by atoms with Crippen molar-refractivity contribution in [1.29, 1.82) is 0 Å². The van der Waals surface area contributed by atoms with Gasteiger partial charge in [0.15, 0.2) is 0 Å². The second kappa shape index (κ2) is 35.7. The lowest BCUT2D eigenvalue weighted by Crippen LogP contribution is -2.48. The summed E-state index contributed by atoms with van der Waals surface area (Å²) in [5.41, 5.74) is 0. The molecule has 5 heteroatoms. The standard InChI is InChI=1S/C40H77NO4/c1-3-5-7-9-11-13-15-17-19-20-21-23-24-26-28-30-32-34-38(43)37(36-42)41-40(45)39(44)35-33-31-29-27-25-22-18-16-14-12-10-8-6-4-2/h14,16,32,34,37-39,42-44H,3-13,15,17-31,33,35-36H2,1-2H3,(H,41,45)/b16-14-,34-32+. The Balaban J connectivity index is 3.73. The van der Waals surface area contributed by atoms with Gasteiger partial charge in [-0.2, -0.15) is 0 Å². The fourth-order valence-corrected chi connectivity index (χ4v) is 5.88. The van der Waals surface area contributed by atoms with Gasteiger partial charge in [0.25, 0.3) is 0 Å². The van der Waals surface area contributed by atoms with Gasteiger partial charge >= 0.3 is 0 Å². The van der Waals surface area contributed by atoms with Crippen molar-refractivity contribution < 1.29 is 20.1 Å². The maximum absolute atomic E-state index is 12.4. The number of hydrogen-bond acceptors (Lipinski definition) is 4. The van der Waals surface area contributed by atoms with E-state index in [1.807, 2.05) is 6.08 Å². The molecule has 45 heavy (non-hydrogen) atoms. The van der Waals surface area contributed by atoms with Crippen LogP contribution in [0, 0.1) is 0 Å². The summed E-state index contributed by atoms with van der Waals surface area (Å²) in [6, 6.07) is -0.796. The molecule has 0 aliphatic rings. The first-order chi connectivity index (χ1) is 22.1. The van der Waals surface area contributed by atoms with Crippen molar-refractivity contribution in [2.75, 3.05) is 6.61 Å². The minimum Gasteiger partial charge on any atom is -0.394 e. The summed E-state index contributed by atoms with van der Waals surface area (Å²) in [6.07, 6.45) is 41.9. The molecular weight excluding hydrogens is 558 g/mol. The third kappa shape index (κ3) is 31.2. The molecular formula is C40H77NO4. The highest BCUT2D eigenvalue weighted by molar-refractivity contribution is 5.80. The zero-order valence-corrected chi connectivity index (χ0v) is 30.0. The minimum atomic E-state index is -1.10. The smallest absolute Gasteiger partial charge is 0.249 e. The normalized spacial score (nSPS) is 14.0. The van der Waals surface area contributed by atoms with Crippen LogP contribution in [0.2, 0.25) is 0 Å². The quantitative estimate of drug-likeness (QED) is 0.0412. The summed E-state index contributed by atoms with van der Waals surface area (Å²) in [5.74, 6) is -0.509. The maximum Gasteiger partial charge on any atom is 0.249 e. The van der Waals surface area contributed by atoms with Gasteiger partial charge in [-0.25, -0.2) is 0 Å². The third-order valence-corrected chi connectivity index (χ3v) is 9.04. The van der Waals surface area contributed by atoms with Crippen molar-refractivity contribution in [2.45, 2.75) is 218 Å². The van der Waals surface area contributed by atoms with E-state index in [0.29, 0.717) is 6.42 Å². The van der Waals surface area contributed by atoms with Crippen LogP contribution in [0.3, 0.4) is 0 Å². The predicted molar refractivity (Wildman–Crippen MR) is 195 cm³/mol. The molecule has 3 atom stereocenters. The molecule has 0 aliphatic carbocycles. The van der Waals surface area contributed by atoms with Crippen LogP contribution in [0.4, 0.5) is 0 Å². The Morgan fingerprint density at radius 3 is 1.31 bits per heavy atom. The molecule has 0 aromatic carbocycles. The van der Waals surface area contributed by atoms with E-state index in [0.717, 1.165) is 32.1 Å². The number of aliphatic hydroxyl groups excluding tert-OH is 3. The van der Waals surface area contributed by atoms with Crippen molar-refractivity contribution in [3.63, 3.8) is 0 Å². The van der Waals surface area contributed by atoms with Crippen LogP contribution in [0.1, 0.15) is 200 Å². The van der Waals surface area contributed by atoms with Gasteiger partial charge in [-0.15, -0.1) is 0 Å². The number of nitrogens with one attached hydrogen (secondary N) is 1. The number of amides is 1. The summed E-state index contributed by atoms with van der Waals surface area (Å²) >= 11 is 0. The van der Waals surface area contributed by atoms with Crippen molar-refractivity contribution in [3.05, 3.63) is 24.3 Å². The maximum atomic E-state index is 12.4. The van der Waals surface area contributed by atoms with Gasteiger partial charge < -0.3 is 20.6 Å². The van der Waals surface area contributed by atoms with Crippen LogP contribution < -0.4 is 5.32 Å². The Morgan fingerprint density at radius 2 is 0.889 bits per heavy atom. The molecule has 5 nitrogen and oxygen atoms in total. The van der Waals surface area contributed by atoms with Crippen LogP contribution in [-0.4, -0.2) is 46.1 Å². The van der Waals surface area contributed by atoms with Gasteiger partial charge in [0.2, 0.25) is 5.91 Å². The molecule has 3 unspecified atom stereocenters. The Bertz CT molecular complexity index is 665. The van der Waals surface area contributed by atoms with Gasteiger partial charge in [-0.05, 0) is 44.9 Å². The number of allylic oxidation sites excluding steroid dienone is 3. The van der Waals surface area contributed by atoms with E-state index in [1.165, 1.54) is 148 Å². The van der Waals surface area contributed by atoms with E-state index in [4.69, 9.17) is 0 Å². The number of carbonyl (C=O) groups is 1. The third-order valence-electron chi connectivity index (χ3n) is 9.04. The highest BCUT2D eigenvalue weighted by atomic mass is 16.3. The molecule has 1 amide bonds. The monoisotopic (exact) mass is 636 g/mol. The zero-order valence-electron chi connectivity index (χ0n) is 30.0. The Hall–Kier alpha value is -1.17. The summed E-state index contributed by atoms with van der Waals surface area (Å²) < 4.78 is 0. The van der Waals surface area contributed by atoms with Crippen LogP contribution in [-0.2, 0) is 4.79 Å². The largest absolute Gasteiger partial charge is 0.394 e. The molecule has 0 heterocycles. The van der Waals surface area contributed by atoms with Gasteiger partial charge in [0.1, 0.15) is 6.10 Å². The molecule has 0 radical (unpaired) electrons. The average molecular weight is 636 g/mol. The number of rotatable bonds is 35. The number of hydrogen-bond donors (Lipinski definition) is 4. The molecule has 0 aromatic rings. The van der Waals surface area contributed by atoms with Crippen molar-refractivity contribution in [1.82, 2.24) is 5.32 Å². The molecule has 0 spiro atoms. The SMILES string of the molecule is CCCCCC/C=C\CCCCCCCCC(O)C(=O)NC(CO)C(O)/C=C/CCCCCCCCCCCCCCCCC. The number of aliphatic hydroxyl groups is 3. The fourth-order valence-electron chi connectivity index (χ4n) is 5.88. The number of carbonyl (C=O) groups excluding carboxylic acids is 1. The lowest BCUT2D eigenvalue weighted by atomic mass is 10.0. The second-order valence-corrected chi connectivity index (χ2v) is 13.5. The minimum absolute atomic E-state index is 0.364. The van der Waals surface area contributed by atoms with Crippen LogP contribution >= 0.6 is 0 Å². The lowest BCUT2D eigenvalue weighted by Gasteiger charge is -2.21. The fraction of sp³-hybridized carbons (Fsp3) is 0.875. The molecule has 0 aromatic heterocycles. The lowest BCUT2D eigenvalue weighted by molar-refractivity contribution is -0.131. The zero-order chi connectivity index (χ0) is 33.1. The molecule has 0 fully saturated rings. The second-order valence-electron chi connectivity index (χ2n) is 13.5.